The molecule has 4 aliphatic carbocycles. The first kappa shape index (κ1) is 27.6. The second kappa shape index (κ2) is 10.9. The van der Waals surface area contributed by atoms with Crippen LogP contribution in [0.3, 0.4) is 0 Å². The number of aliphatic hydroxyl groups is 3. The van der Waals surface area contributed by atoms with Gasteiger partial charge in [-0.15, -0.1) is 0 Å². The van der Waals surface area contributed by atoms with Crippen LogP contribution in [-0.4, -0.2) is 38.6 Å². The van der Waals surface area contributed by atoms with Gasteiger partial charge in [0.25, 0.3) is 0 Å². The first-order valence-corrected chi connectivity index (χ1v) is 14.9. The molecule has 5 rings (SSSR count). The van der Waals surface area contributed by atoms with Crippen LogP contribution in [0.15, 0.2) is 58.2 Å². The Balaban J connectivity index is 1.27. The Labute approximate surface area is 228 Å². The van der Waals surface area contributed by atoms with E-state index in [4.69, 9.17) is 4.42 Å². The highest BCUT2D eigenvalue weighted by Gasteiger charge is 2.54. The van der Waals surface area contributed by atoms with E-state index >= 15 is 0 Å². The second-order valence-corrected chi connectivity index (χ2v) is 12.9. The summed E-state index contributed by atoms with van der Waals surface area (Å²) in [6, 6.07) is 0. The molecule has 0 spiro atoms. The molecule has 4 saturated carbocycles. The van der Waals surface area contributed by atoms with Gasteiger partial charge in [0.1, 0.15) is 5.76 Å². The van der Waals surface area contributed by atoms with Gasteiger partial charge in [0, 0.05) is 12.8 Å². The third kappa shape index (κ3) is 5.14. The Morgan fingerprint density at radius 1 is 1.18 bits per heavy atom. The highest BCUT2D eigenvalue weighted by atomic mass is 16.4. The van der Waals surface area contributed by atoms with Crippen molar-refractivity contribution < 1.29 is 19.7 Å². The molecule has 1 aromatic heterocycles. The van der Waals surface area contributed by atoms with Crippen molar-refractivity contribution in [1.82, 2.24) is 4.98 Å². The fourth-order valence-electron chi connectivity index (χ4n) is 7.88. The third-order valence-corrected chi connectivity index (χ3v) is 10.4. The Kier molecular flexibility index (Phi) is 7.92. The molecule has 5 heteroatoms. The largest absolute Gasteiger partial charge is 0.445 e. The lowest BCUT2D eigenvalue weighted by Crippen LogP contribution is -2.35. The fourth-order valence-corrected chi connectivity index (χ4v) is 7.88. The minimum atomic E-state index is -0.643. The maximum absolute atomic E-state index is 11.2. The average molecular weight is 522 g/mol. The summed E-state index contributed by atoms with van der Waals surface area (Å²) in [5.74, 6) is 3.14. The van der Waals surface area contributed by atoms with E-state index < -0.39 is 18.3 Å². The number of allylic oxidation sites excluding steroid dienone is 4. The maximum Gasteiger partial charge on any atom is 0.203 e. The van der Waals surface area contributed by atoms with E-state index in [0.29, 0.717) is 36.5 Å². The zero-order chi connectivity index (χ0) is 27.1. The van der Waals surface area contributed by atoms with Crippen molar-refractivity contribution >= 4 is 0 Å². The Hall–Kier alpha value is -1.95. The summed E-state index contributed by atoms with van der Waals surface area (Å²) < 4.78 is 6.01. The predicted octanol–water partition coefficient (Wildman–Crippen LogP) is 6.35. The number of rotatable bonds is 8. The molecular weight excluding hydrogens is 474 g/mol. The monoisotopic (exact) mass is 521 g/mol. The average Bonchev–Trinajstić information content (AvgIpc) is 3.42. The van der Waals surface area contributed by atoms with Gasteiger partial charge in [-0.25, -0.2) is 4.98 Å². The molecule has 0 amide bonds. The summed E-state index contributed by atoms with van der Waals surface area (Å²) in [6.45, 7) is 11.0. The highest BCUT2D eigenvalue weighted by molar-refractivity contribution is 5.38. The van der Waals surface area contributed by atoms with E-state index in [1.54, 1.807) is 0 Å². The number of aliphatic hydroxyl groups excluding tert-OH is 3. The van der Waals surface area contributed by atoms with Crippen LogP contribution in [-0.2, 0) is 11.8 Å². The van der Waals surface area contributed by atoms with Crippen molar-refractivity contribution in [2.45, 2.75) is 115 Å². The summed E-state index contributed by atoms with van der Waals surface area (Å²) in [5.41, 5.74) is 3.15. The van der Waals surface area contributed by atoms with Crippen LogP contribution in [0, 0.1) is 23.2 Å². The summed E-state index contributed by atoms with van der Waals surface area (Å²) in [4.78, 5) is 4.53. The van der Waals surface area contributed by atoms with Crippen LogP contribution in [0.5, 0.6) is 0 Å². The quantitative estimate of drug-likeness (QED) is 0.347. The van der Waals surface area contributed by atoms with Gasteiger partial charge < -0.3 is 19.7 Å². The number of fused-ring (bicyclic) bond motifs is 1. The molecule has 4 fully saturated rings. The standard InChI is InChI=1S/C33H47NO4/c1-5-7-26-20-34-31(38-26)33(16-17-33)30(37)14-9-21(2)27-12-13-28-23(8-6-15-32(27,28)4)10-11-24-18-25(35)19-29(36)22(24)3/h9-11,14,20-21,25,27-30,35-37H,3,5-8,12-13,15-19H2,1-2,4H3/b14-9+,23-10+,24-11+/t21-,25-,27-,28+,29+,30-,32-/m1/s1. The number of hydrogen-bond donors (Lipinski definition) is 3. The van der Waals surface area contributed by atoms with Gasteiger partial charge in [-0.05, 0) is 92.1 Å². The molecule has 5 nitrogen and oxygen atoms in total. The van der Waals surface area contributed by atoms with Crippen LogP contribution >= 0.6 is 0 Å². The zero-order valence-corrected chi connectivity index (χ0v) is 23.5. The summed E-state index contributed by atoms with van der Waals surface area (Å²) in [7, 11) is 0. The van der Waals surface area contributed by atoms with Crippen LogP contribution in [0.4, 0.5) is 0 Å². The summed E-state index contributed by atoms with van der Waals surface area (Å²) in [6.07, 6.45) is 19.5. The van der Waals surface area contributed by atoms with Gasteiger partial charge in [-0.3, -0.25) is 0 Å². The molecule has 0 bridgehead atoms. The van der Waals surface area contributed by atoms with Gasteiger partial charge in [-0.1, -0.05) is 57.2 Å². The zero-order valence-electron chi connectivity index (χ0n) is 23.5. The topological polar surface area (TPSA) is 86.7 Å². The number of aryl methyl sites for hydroxylation is 1. The lowest BCUT2D eigenvalue weighted by Gasteiger charge is -2.44. The van der Waals surface area contributed by atoms with E-state index in [0.717, 1.165) is 49.0 Å². The Morgan fingerprint density at radius 3 is 2.71 bits per heavy atom. The van der Waals surface area contributed by atoms with E-state index in [2.05, 4.69) is 50.6 Å². The molecular formula is C33H47NO4. The van der Waals surface area contributed by atoms with Gasteiger partial charge in [0.05, 0.1) is 29.9 Å². The minimum absolute atomic E-state index is 0.245. The van der Waals surface area contributed by atoms with Crippen LogP contribution in [0.1, 0.15) is 96.6 Å². The van der Waals surface area contributed by atoms with Crippen LogP contribution in [0.25, 0.3) is 0 Å². The van der Waals surface area contributed by atoms with Crippen molar-refractivity contribution in [2.75, 3.05) is 0 Å². The molecule has 3 N–H and O–H groups in total. The highest BCUT2D eigenvalue weighted by Crippen LogP contribution is 2.60. The molecule has 0 aliphatic heterocycles. The number of oxazole rings is 1. The second-order valence-electron chi connectivity index (χ2n) is 12.9. The molecule has 0 saturated heterocycles. The lowest BCUT2D eigenvalue weighted by atomic mass is 9.61. The van der Waals surface area contributed by atoms with Crippen LogP contribution < -0.4 is 0 Å². The van der Waals surface area contributed by atoms with Crippen molar-refractivity contribution in [3.63, 3.8) is 0 Å². The molecule has 0 aromatic carbocycles. The van der Waals surface area contributed by atoms with Gasteiger partial charge in [0.2, 0.25) is 5.89 Å². The van der Waals surface area contributed by atoms with Gasteiger partial charge >= 0.3 is 0 Å². The van der Waals surface area contributed by atoms with Crippen LogP contribution in [0.2, 0.25) is 0 Å². The molecule has 0 unspecified atom stereocenters. The predicted molar refractivity (Wildman–Crippen MR) is 150 cm³/mol. The van der Waals surface area contributed by atoms with Crippen molar-refractivity contribution in [1.29, 1.82) is 0 Å². The third-order valence-electron chi connectivity index (χ3n) is 10.4. The number of nitrogens with zero attached hydrogens (tertiary/aromatic N) is 1. The van der Waals surface area contributed by atoms with Crippen molar-refractivity contribution in [3.05, 3.63) is 65.5 Å². The summed E-state index contributed by atoms with van der Waals surface area (Å²) >= 11 is 0. The summed E-state index contributed by atoms with van der Waals surface area (Å²) in [5, 5.41) is 31.5. The lowest BCUT2D eigenvalue weighted by molar-refractivity contribution is 0.0862. The molecule has 38 heavy (non-hydrogen) atoms. The van der Waals surface area contributed by atoms with E-state index in [-0.39, 0.29) is 10.8 Å². The first-order chi connectivity index (χ1) is 18.2. The Morgan fingerprint density at radius 2 is 1.97 bits per heavy atom. The van der Waals surface area contributed by atoms with Gasteiger partial charge in [0.15, 0.2) is 0 Å². The first-order valence-electron chi connectivity index (χ1n) is 14.9. The smallest absolute Gasteiger partial charge is 0.203 e. The van der Waals surface area contributed by atoms with Crippen molar-refractivity contribution in [2.24, 2.45) is 23.2 Å². The molecule has 0 radical (unpaired) electrons. The minimum Gasteiger partial charge on any atom is -0.445 e. The van der Waals surface area contributed by atoms with E-state index in [1.807, 2.05) is 12.3 Å². The number of aromatic nitrogens is 1. The maximum atomic E-state index is 11.2. The molecule has 1 heterocycles. The van der Waals surface area contributed by atoms with E-state index in [1.165, 1.54) is 31.3 Å². The molecule has 208 valence electrons. The SMILES string of the molecule is C=C1/C(=C/C=C2\CCC[C@]3(C)[C@@H]([C@H](C)/C=C/[C@@H](O)C4(c5ncc(CCC)o5)CC4)CC[C@@H]23)C[C@@H](O)C[C@@H]1O. The normalized spacial score (nSPS) is 36.6. The van der Waals surface area contributed by atoms with Gasteiger partial charge in [-0.2, -0.15) is 0 Å². The van der Waals surface area contributed by atoms with Crippen molar-refractivity contribution in [3.8, 4) is 0 Å². The van der Waals surface area contributed by atoms with E-state index in [9.17, 15) is 15.3 Å². The Bertz CT molecular complexity index is 1110. The molecule has 4 aliphatic rings. The fraction of sp³-hybridized carbons (Fsp3) is 0.667. The molecule has 7 atom stereocenters. The number of hydrogen-bond acceptors (Lipinski definition) is 5. The molecule has 1 aromatic rings.